The molecule has 1 aromatic heterocycles. The van der Waals surface area contributed by atoms with Crippen LogP contribution in [0.25, 0.3) is 11.1 Å². The van der Waals surface area contributed by atoms with E-state index >= 15 is 0 Å². The minimum Gasteiger partial charge on any atom is -0.449 e. The van der Waals surface area contributed by atoms with Crippen molar-refractivity contribution in [2.75, 3.05) is 5.73 Å². The van der Waals surface area contributed by atoms with E-state index in [0.29, 0.717) is 11.6 Å². The summed E-state index contributed by atoms with van der Waals surface area (Å²) in [5, 5.41) is 3.65. The number of benzene rings is 1. The predicted octanol–water partition coefficient (Wildman–Crippen LogP) is 2.43. The molecule has 5 nitrogen and oxygen atoms in total. The van der Waals surface area contributed by atoms with Crippen LogP contribution in [0.1, 0.15) is 13.8 Å². The van der Waals surface area contributed by atoms with Gasteiger partial charge in [0.15, 0.2) is 11.5 Å². The molecule has 1 aromatic carbocycles. The van der Waals surface area contributed by atoms with E-state index in [1.54, 1.807) is 6.20 Å². The van der Waals surface area contributed by atoms with Crippen LogP contribution in [0.5, 0.6) is 11.5 Å². The fraction of sp³-hybridized carbons (Fsp3) is 0.250. The van der Waals surface area contributed by atoms with Gasteiger partial charge in [0.05, 0.1) is 11.8 Å². The molecule has 1 aliphatic heterocycles. The molecule has 1 aliphatic rings. The molecule has 88 valence electrons. The number of rotatable bonds is 1. The van der Waals surface area contributed by atoms with Crippen molar-refractivity contribution in [2.24, 2.45) is 0 Å². The lowest BCUT2D eigenvalue weighted by Gasteiger charge is -2.16. The zero-order valence-corrected chi connectivity index (χ0v) is 9.56. The molecule has 5 heteroatoms. The van der Waals surface area contributed by atoms with E-state index in [0.717, 1.165) is 16.9 Å². The monoisotopic (exact) mass is 232 g/mol. The van der Waals surface area contributed by atoms with Crippen LogP contribution in [0.2, 0.25) is 0 Å². The Labute approximate surface area is 98.1 Å². The van der Waals surface area contributed by atoms with Crippen LogP contribution in [-0.2, 0) is 0 Å². The topological polar surface area (TPSA) is 70.5 Å². The van der Waals surface area contributed by atoms with Gasteiger partial charge in [0, 0.05) is 13.8 Å². The van der Waals surface area contributed by atoms with E-state index in [2.05, 4.69) is 5.16 Å². The van der Waals surface area contributed by atoms with Gasteiger partial charge in [0.25, 0.3) is 0 Å². The molecular formula is C12H12N2O3. The Morgan fingerprint density at radius 1 is 1.18 bits per heavy atom. The summed E-state index contributed by atoms with van der Waals surface area (Å²) in [6, 6.07) is 5.62. The minimum absolute atomic E-state index is 0.295. The summed E-state index contributed by atoms with van der Waals surface area (Å²) in [5.41, 5.74) is 7.31. The summed E-state index contributed by atoms with van der Waals surface area (Å²) in [5.74, 6) is 1.10. The van der Waals surface area contributed by atoms with Crippen molar-refractivity contribution < 1.29 is 14.0 Å². The predicted molar refractivity (Wildman–Crippen MR) is 61.7 cm³/mol. The zero-order chi connectivity index (χ0) is 12.0. The zero-order valence-electron chi connectivity index (χ0n) is 9.56. The van der Waals surface area contributed by atoms with Crippen molar-refractivity contribution in [2.45, 2.75) is 19.6 Å². The molecule has 2 heterocycles. The maximum atomic E-state index is 5.67. The van der Waals surface area contributed by atoms with Crippen LogP contribution >= 0.6 is 0 Å². The third kappa shape index (κ3) is 1.60. The van der Waals surface area contributed by atoms with E-state index in [9.17, 15) is 0 Å². The van der Waals surface area contributed by atoms with Crippen molar-refractivity contribution in [3.63, 3.8) is 0 Å². The van der Waals surface area contributed by atoms with E-state index in [-0.39, 0.29) is 0 Å². The van der Waals surface area contributed by atoms with Crippen molar-refractivity contribution in [3.05, 3.63) is 24.4 Å². The lowest BCUT2D eigenvalue weighted by atomic mass is 10.1. The van der Waals surface area contributed by atoms with Crippen LogP contribution in [0.4, 0.5) is 5.88 Å². The molecule has 17 heavy (non-hydrogen) atoms. The maximum Gasteiger partial charge on any atom is 0.246 e. The third-order valence-electron chi connectivity index (χ3n) is 2.56. The molecule has 0 saturated heterocycles. The van der Waals surface area contributed by atoms with Crippen molar-refractivity contribution in [1.82, 2.24) is 5.16 Å². The minimum atomic E-state index is -0.624. The van der Waals surface area contributed by atoms with E-state index in [1.807, 2.05) is 32.0 Å². The van der Waals surface area contributed by atoms with Crippen molar-refractivity contribution >= 4 is 5.88 Å². The van der Waals surface area contributed by atoms with Crippen LogP contribution in [0.3, 0.4) is 0 Å². The van der Waals surface area contributed by atoms with Gasteiger partial charge < -0.3 is 19.7 Å². The Morgan fingerprint density at radius 2 is 1.94 bits per heavy atom. The van der Waals surface area contributed by atoms with Crippen LogP contribution in [0, 0.1) is 0 Å². The van der Waals surface area contributed by atoms with Gasteiger partial charge in [-0.15, -0.1) is 0 Å². The second-order valence-electron chi connectivity index (χ2n) is 4.37. The first-order chi connectivity index (χ1) is 8.05. The van der Waals surface area contributed by atoms with Gasteiger partial charge in [-0.25, -0.2) is 0 Å². The number of hydrogen-bond donors (Lipinski definition) is 1. The summed E-state index contributed by atoms with van der Waals surface area (Å²) in [7, 11) is 0. The number of anilines is 1. The van der Waals surface area contributed by atoms with E-state index < -0.39 is 5.79 Å². The number of fused-ring (bicyclic) bond motifs is 1. The quantitative estimate of drug-likeness (QED) is 0.817. The average Bonchev–Trinajstić information content (AvgIpc) is 2.78. The Hall–Kier alpha value is -2.17. The second-order valence-corrected chi connectivity index (χ2v) is 4.37. The summed E-state index contributed by atoms with van der Waals surface area (Å²) in [6.45, 7) is 3.72. The molecule has 0 radical (unpaired) electrons. The van der Waals surface area contributed by atoms with Gasteiger partial charge in [0.1, 0.15) is 0 Å². The number of nitrogens with zero attached hydrogens (tertiary/aromatic N) is 1. The number of hydrogen-bond acceptors (Lipinski definition) is 5. The molecule has 0 spiro atoms. The number of ether oxygens (including phenoxy) is 2. The van der Waals surface area contributed by atoms with Gasteiger partial charge in [-0.1, -0.05) is 11.2 Å². The Balaban J connectivity index is 2.05. The fourth-order valence-electron chi connectivity index (χ4n) is 1.86. The Morgan fingerprint density at radius 3 is 2.65 bits per heavy atom. The summed E-state index contributed by atoms with van der Waals surface area (Å²) < 4.78 is 16.1. The third-order valence-corrected chi connectivity index (χ3v) is 2.56. The van der Waals surface area contributed by atoms with Gasteiger partial charge in [-0.2, -0.15) is 0 Å². The van der Waals surface area contributed by atoms with Crippen molar-refractivity contribution in [1.29, 1.82) is 0 Å². The molecule has 0 atom stereocenters. The first-order valence-electron chi connectivity index (χ1n) is 5.28. The van der Waals surface area contributed by atoms with E-state index in [4.69, 9.17) is 19.7 Å². The molecule has 0 bridgehead atoms. The molecule has 0 saturated carbocycles. The van der Waals surface area contributed by atoms with Crippen LogP contribution in [-0.4, -0.2) is 10.9 Å². The highest BCUT2D eigenvalue weighted by Crippen LogP contribution is 2.42. The van der Waals surface area contributed by atoms with Crippen molar-refractivity contribution in [3.8, 4) is 22.6 Å². The smallest absolute Gasteiger partial charge is 0.246 e. The number of aromatic nitrogens is 1. The van der Waals surface area contributed by atoms with Gasteiger partial charge in [-0.05, 0) is 17.7 Å². The van der Waals surface area contributed by atoms with Gasteiger partial charge in [-0.3, -0.25) is 0 Å². The lowest BCUT2D eigenvalue weighted by molar-refractivity contribution is -0.0431. The Kier molecular flexibility index (Phi) is 1.86. The largest absolute Gasteiger partial charge is 0.449 e. The first-order valence-corrected chi connectivity index (χ1v) is 5.28. The molecule has 0 unspecified atom stereocenters. The van der Waals surface area contributed by atoms with Gasteiger partial charge in [0.2, 0.25) is 11.7 Å². The lowest BCUT2D eigenvalue weighted by Crippen LogP contribution is -2.29. The second kappa shape index (κ2) is 3.16. The molecule has 0 aliphatic carbocycles. The number of nitrogens with two attached hydrogens (primary N) is 1. The summed E-state index contributed by atoms with van der Waals surface area (Å²) in [4.78, 5) is 0. The maximum absolute atomic E-state index is 5.67. The molecule has 3 rings (SSSR count). The number of nitrogen functional groups attached to an aromatic ring is 1. The summed E-state index contributed by atoms with van der Waals surface area (Å²) >= 11 is 0. The molecule has 2 N–H and O–H groups in total. The molecule has 2 aromatic rings. The van der Waals surface area contributed by atoms with E-state index in [1.165, 1.54) is 0 Å². The highest BCUT2D eigenvalue weighted by atomic mass is 16.7. The fourth-order valence-corrected chi connectivity index (χ4v) is 1.86. The normalized spacial score (nSPS) is 16.1. The van der Waals surface area contributed by atoms with Crippen LogP contribution in [0.15, 0.2) is 28.9 Å². The SMILES string of the molecule is CC1(C)Oc2ccc(-c3cnoc3N)cc2O1. The molecule has 0 fully saturated rings. The Bertz CT molecular complexity index is 575. The van der Waals surface area contributed by atoms with Crippen LogP contribution < -0.4 is 15.2 Å². The summed E-state index contributed by atoms with van der Waals surface area (Å²) in [6.07, 6.45) is 1.58. The van der Waals surface area contributed by atoms with Gasteiger partial charge >= 0.3 is 0 Å². The highest BCUT2D eigenvalue weighted by molar-refractivity contribution is 5.74. The molecule has 0 amide bonds. The first kappa shape index (κ1) is 10.0. The molecular weight excluding hydrogens is 220 g/mol. The standard InChI is InChI=1S/C12H12N2O3/c1-12(2)15-9-4-3-7(5-10(9)16-12)8-6-14-17-11(8)13/h3-6H,13H2,1-2H3. The average molecular weight is 232 g/mol. The highest BCUT2D eigenvalue weighted by Gasteiger charge is 2.31.